The fourth-order valence-electron chi connectivity index (χ4n) is 4.84. The molecule has 252 valence electrons. The SMILES string of the molecule is COc1ccccc1COCCCOc1ccc(N2C(=O)CN(C(=O)OC(C)(C)C)C[C@@H]2CNC(=O)Nc2ccc(Cl)c(Cl)c2)cc1. The van der Waals surface area contributed by atoms with Crippen LogP contribution in [-0.4, -0.2) is 74.5 Å². The lowest BCUT2D eigenvalue weighted by Gasteiger charge is -2.41. The number of methoxy groups -OCH3 is 1. The van der Waals surface area contributed by atoms with Crippen LogP contribution in [0, 0.1) is 0 Å². The van der Waals surface area contributed by atoms with Crippen molar-refractivity contribution in [1.29, 1.82) is 0 Å². The first kappa shape index (κ1) is 35.7. The minimum Gasteiger partial charge on any atom is -0.496 e. The summed E-state index contributed by atoms with van der Waals surface area (Å²) in [5.74, 6) is 1.10. The molecule has 2 N–H and O–H groups in total. The van der Waals surface area contributed by atoms with E-state index in [2.05, 4.69) is 10.6 Å². The van der Waals surface area contributed by atoms with Crippen LogP contribution < -0.4 is 25.0 Å². The lowest BCUT2D eigenvalue weighted by Crippen LogP contribution is -2.61. The number of carbonyl (C=O) groups is 3. The first-order chi connectivity index (χ1) is 22.4. The zero-order chi connectivity index (χ0) is 34.0. The predicted molar refractivity (Wildman–Crippen MR) is 182 cm³/mol. The summed E-state index contributed by atoms with van der Waals surface area (Å²) < 4.78 is 22.5. The van der Waals surface area contributed by atoms with Crippen molar-refractivity contribution in [3.63, 3.8) is 0 Å². The van der Waals surface area contributed by atoms with Crippen molar-refractivity contribution in [1.82, 2.24) is 10.2 Å². The molecule has 1 aliphatic heterocycles. The number of hydrogen-bond donors (Lipinski definition) is 2. The van der Waals surface area contributed by atoms with Crippen LogP contribution in [-0.2, 0) is 20.9 Å². The summed E-state index contributed by atoms with van der Waals surface area (Å²) in [4.78, 5) is 42.0. The highest BCUT2D eigenvalue weighted by Crippen LogP contribution is 2.27. The summed E-state index contributed by atoms with van der Waals surface area (Å²) in [6.45, 7) is 6.69. The van der Waals surface area contributed by atoms with Crippen molar-refractivity contribution >= 4 is 52.6 Å². The highest BCUT2D eigenvalue weighted by molar-refractivity contribution is 6.42. The van der Waals surface area contributed by atoms with E-state index in [1.54, 1.807) is 69.2 Å². The van der Waals surface area contributed by atoms with Gasteiger partial charge in [-0.1, -0.05) is 41.4 Å². The summed E-state index contributed by atoms with van der Waals surface area (Å²) in [6.07, 6.45) is 0.0754. The number of para-hydroxylation sites is 1. The first-order valence-electron chi connectivity index (χ1n) is 15.2. The summed E-state index contributed by atoms with van der Waals surface area (Å²) in [7, 11) is 1.63. The number of carbonyl (C=O) groups excluding carboxylic acids is 3. The standard InChI is InChI=1S/C34H40Cl2N4O7/c1-34(2,3)47-33(43)39-20-26(19-37-32(42)38-24-10-15-28(35)29(36)18-24)40(31(41)21-39)25-11-13-27(14-12-25)46-17-7-16-45-22-23-8-5-6-9-30(23)44-4/h5-6,8-15,18,26H,7,16-17,19-22H2,1-4H3,(H2,37,38,42)/t26-/m0/s1. The maximum absolute atomic E-state index is 13.5. The third kappa shape index (κ3) is 10.7. The Kier molecular flexibility index (Phi) is 12.6. The Labute approximate surface area is 285 Å². The van der Waals surface area contributed by atoms with Crippen LogP contribution in [0.2, 0.25) is 10.0 Å². The molecule has 0 aromatic heterocycles. The molecule has 1 aliphatic rings. The van der Waals surface area contributed by atoms with Crippen LogP contribution in [0.3, 0.4) is 0 Å². The minimum atomic E-state index is -0.734. The van der Waals surface area contributed by atoms with E-state index >= 15 is 0 Å². The van der Waals surface area contributed by atoms with E-state index in [9.17, 15) is 14.4 Å². The van der Waals surface area contributed by atoms with Crippen LogP contribution in [0.15, 0.2) is 66.7 Å². The van der Waals surface area contributed by atoms with Gasteiger partial charge in [0, 0.05) is 36.4 Å². The smallest absolute Gasteiger partial charge is 0.410 e. The maximum Gasteiger partial charge on any atom is 0.410 e. The molecule has 47 heavy (non-hydrogen) atoms. The molecule has 3 aromatic rings. The molecule has 1 atom stereocenters. The van der Waals surface area contributed by atoms with Gasteiger partial charge < -0.3 is 34.5 Å². The molecule has 4 amide bonds. The van der Waals surface area contributed by atoms with Crippen molar-refractivity contribution in [2.24, 2.45) is 0 Å². The average Bonchev–Trinajstić information content (AvgIpc) is 3.03. The van der Waals surface area contributed by atoms with E-state index in [0.29, 0.717) is 53.4 Å². The van der Waals surface area contributed by atoms with E-state index in [1.807, 2.05) is 24.3 Å². The molecule has 0 saturated carbocycles. The highest BCUT2D eigenvalue weighted by Gasteiger charge is 2.37. The molecule has 0 radical (unpaired) electrons. The lowest BCUT2D eigenvalue weighted by molar-refractivity contribution is -0.122. The number of halogens is 2. The van der Waals surface area contributed by atoms with E-state index in [4.69, 9.17) is 42.1 Å². The number of urea groups is 1. The Balaban J connectivity index is 1.35. The van der Waals surface area contributed by atoms with Gasteiger partial charge in [-0.15, -0.1) is 0 Å². The Bertz CT molecular complexity index is 1530. The molecular formula is C34H40Cl2N4O7. The van der Waals surface area contributed by atoms with Gasteiger partial charge in [0.15, 0.2) is 0 Å². The van der Waals surface area contributed by atoms with Gasteiger partial charge in [-0.25, -0.2) is 9.59 Å². The third-order valence-electron chi connectivity index (χ3n) is 6.99. The summed E-state index contributed by atoms with van der Waals surface area (Å²) in [5, 5.41) is 6.15. The predicted octanol–water partition coefficient (Wildman–Crippen LogP) is 6.76. The van der Waals surface area contributed by atoms with Crippen LogP contribution in [0.5, 0.6) is 11.5 Å². The van der Waals surface area contributed by atoms with Gasteiger partial charge >= 0.3 is 12.1 Å². The second-order valence-electron chi connectivity index (χ2n) is 11.8. The number of hydrogen-bond acceptors (Lipinski definition) is 7. The molecule has 1 heterocycles. The molecule has 0 aliphatic carbocycles. The Hall–Kier alpha value is -4.19. The van der Waals surface area contributed by atoms with Crippen molar-refractivity contribution in [2.75, 3.05) is 50.2 Å². The fraction of sp³-hybridized carbons (Fsp3) is 0.382. The van der Waals surface area contributed by atoms with Gasteiger partial charge in [0.2, 0.25) is 5.91 Å². The molecule has 11 nitrogen and oxygen atoms in total. The van der Waals surface area contributed by atoms with Gasteiger partial charge in [0.1, 0.15) is 23.6 Å². The maximum atomic E-state index is 13.5. The largest absolute Gasteiger partial charge is 0.496 e. The number of nitrogens with zero attached hydrogens (tertiary/aromatic N) is 2. The third-order valence-corrected chi connectivity index (χ3v) is 7.72. The summed E-state index contributed by atoms with van der Waals surface area (Å²) >= 11 is 12.0. The molecule has 0 unspecified atom stereocenters. The zero-order valence-electron chi connectivity index (χ0n) is 26.9. The zero-order valence-corrected chi connectivity index (χ0v) is 28.4. The van der Waals surface area contributed by atoms with Crippen molar-refractivity contribution in [3.8, 4) is 11.5 Å². The molecule has 0 spiro atoms. The average molecular weight is 688 g/mol. The molecule has 4 rings (SSSR count). The number of piperazine rings is 1. The minimum absolute atomic E-state index is 0.0469. The Morgan fingerprint density at radius 1 is 0.979 bits per heavy atom. The van der Waals surface area contributed by atoms with Crippen molar-refractivity contribution in [3.05, 3.63) is 82.3 Å². The quantitative estimate of drug-likeness (QED) is 0.202. The molecular weight excluding hydrogens is 647 g/mol. The summed E-state index contributed by atoms with van der Waals surface area (Å²) in [5.41, 5.74) is 1.29. The van der Waals surface area contributed by atoms with Gasteiger partial charge in [-0.3, -0.25) is 9.69 Å². The number of nitrogens with one attached hydrogen (secondary N) is 2. The summed E-state index contributed by atoms with van der Waals surface area (Å²) in [6, 6.07) is 18.4. The topological polar surface area (TPSA) is 119 Å². The number of rotatable bonds is 12. The van der Waals surface area contributed by atoms with Gasteiger partial charge in [-0.05, 0) is 69.3 Å². The van der Waals surface area contributed by atoms with E-state index in [-0.39, 0.29) is 25.5 Å². The molecule has 3 aromatic carbocycles. The molecule has 1 saturated heterocycles. The van der Waals surface area contributed by atoms with E-state index < -0.39 is 23.8 Å². The fourth-order valence-corrected chi connectivity index (χ4v) is 5.14. The number of ether oxygens (including phenoxy) is 4. The second-order valence-corrected chi connectivity index (χ2v) is 12.6. The Morgan fingerprint density at radius 3 is 2.43 bits per heavy atom. The molecule has 1 fully saturated rings. The van der Waals surface area contributed by atoms with Crippen LogP contribution in [0.1, 0.15) is 32.8 Å². The Morgan fingerprint density at radius 2 is 1.72 bits per heavy atom. The van der Waals surface area contributed by atoms with Crippen LogP contribution in [0.25, 0.3) is 0 Å². The highest BCUT2D eigenvalue weighted by atomic mass is 35.5. The van der Waals surface area contributed by atoms with Gasteiger partial charge in [-0.2, -0.15) is 0 Å². The van der Waals surface area contributed by atoms with E-state index in [1.165, 1.54) is 11.0 Å². The first-order valence-corrected chi connectivity index (χ1v) is 15.9. The lowest BCUT2D eigenvalue weighted by atomic mass is 10.1. The second kappa shape index (κ2) is 16.6. The number of benzene rings is 3. The molecule has 0 bridgehead atoms. The van der Waals surface area contributed by atoms with Crippen molar-refractivity contribution < 1.29 is 33.3 Å². The van der Waals surface area contributed by atoms with Crippen LogP contribution >= 0.6 is 23.2 Å². The van der Waals surface area contributed by atoms with E-state index in [0.717, 1.165) is 11.3 Å². The molecule has 13 heteroatoms. The normalized spacial score (nSPS) is 14.9. The van der Waals surface area contributed by atoms with Gasteiger partial charge in [0.25, 0.3) is 0 Å². The number of amides is 4. The van der Waals surface area contributed by atoms with Gasteiger partial charge in [0.05, 0.1) is 43.0 Å². The van der Waals surface area contributed by atoms with Crippen molar-refractivity contribution in [2.45, 2.75) is 45.4 Å². The number of anilines is 2. The van der Waals surface area contributed by atoms with Crippen LogP contribution in [0.4, 0.5) is 21.0 Å². The monoisotopic (exact) mass is 686 g/mol.